The SMILES string of the molecule is C1CNc2snnc2C1. The molecule has 0 aliphatic carbocycles. The molecular weight excluding hydrogens is 134 g/mol. The van der Waals surface area contributed by atoms with Gasteiger partial charge in [-0.15, -0.1) is 5.10 Å². The van der Waals surface area contributed by atoms with Crippen molar-refractivity contribution in [3.63, 3.8) is 0 Å². The lowest BCUT2D eigenvalue weighted by Crippen LogP contribution is -2.09. The number of anilines is 1. The molecule has 0 bridgehead atoms. The van der Waals surface area contributed by atoms with Crippen molar-refractivity contribution in [2.45, 2.75) is 12.8 Å². The fourth-order valence-electron chi connectivity index (χ4n) is 0.964. The van der Waals surface area contributed by atoms with Crippen LogP contribution in [-0.4, -0.2) is 16.1 Å². The van der Waals surface area contributed by atoms with Gasteiger partial charge in [0.2, 0.25) is 0 Å². The molecule has 0 fully saturated rings. The van der Waals surface area contributed by atoms with E-state index in [1.807, 2.05) is 0 Å². The Hall–Kier alpha value is -0.640. The molecule has 4 heteroatoms. The molecule has 0 amide bonds. The fourth-order valence-corrected chi connectivity index (χ4v) is 1.60. The Morgan fingerprint density at radius 1 is 1.56 bits per heavy atom. The number of hydrogen-bond donors (Lipinski definition) is 1. The van der Waals surface area contributed by atoms with E-state index in [-0.39, 0.29) is 0 Å². The first-order valence-electron chi connectivity index (χ1n) is 3.02. The molecule has 3 nitrogen and oxygen atoms in total. The Morgan fingerprint density at radius 2 is 2.56 bits per heavy atom. The van der Waals surface area contributed by atoms with E-state index >= 15 is 0 Å². The minimum Gasteiger partial charge on any atom is -0.374 e. The van der Waals surface area contributed by atoms with E-state index in [2.05, 4.69) is 14.9 Å². The van der Waals surface area contributed by atoms with Crippen molar-refractivity contribution >= 4 is 16.5 Å². The van der Waals surface area contributed by atoms with E-state index in [4.69, 9.17) is 0 Å². The zero-order chi connectivity index (χ0) is 6.10. The first-order valence-corrected chi connectivity index (χ1v) is 3.79. The Bertz CT molecular complexity index is 187. The lowest BCUT2D eigenvalue weighted by molar-refractivity contribution is 0.801. The van der Waals surface area contributed by atoms with Gasteiger partial charge in [0.1, 0.15) is 5.00 Å². The maximum absolute atomic E-state index is 3.96. The van der Waals surface area contributed by atoms with Gasteiger partial charge in [0.05, 0.1) is 5.69 Å². The summed E-state index contributed by atoms with van der Waals surface area (Å²) in [4.78, 5) is 0. The van der Waals surface area contributed by atoms with Gasteiger partial charge < -0.3 is 5.32 Å². The summed E-state index contributed by atoms with van der Waals surface area (Å²) in [5.41, 5.74) is 1.14. The van der Waals surface area contributed by atoms with E-state index in [0.29, 0.717) is 0 Å². The lowest BCUT2D eigenvalue weighted by atomic mass is 10.2. The normalized spacial score (nSPS) is 16.4. The van der Waals surface area contributed by atoms with Gasteiger partial charge in [0.25, 0.3) is 0 Å². The molecule has 0 radical (unpaired) electrons. The van der Waals surface area contributed by atoms with Crippen LogP contribution in [0.3, 0.4) is 0 Å². The number of nitrogens with zero attached hydrogens (tertiary/aromatic N) is 2. The van der Waals surface area contributed by atoms with Gasteiger partial charge in [0, 0.05) is 18.1 Å². The monoisotopic (exact) mass is 141 g/mol. The summed E-state index contributed by atoms with van der Waals surface area (Å²) in [7, 11) is 0. The summed E-state index contributed by atoms with van der Waals surface area (Å²) in [5, 5.41) is 8.37. The van der Waals surface area contributed by atoms with Crippen LogP contribution in [0.5, 0.6) is 0 Å². The molecule has 48 valence electrons. The molecule has 1 aromatic heterocycles. The minimum atomic E-state index is 1.08. The third kappa shape index (κ3) is 0.790. The van der Waals surface area contributed by atoms with Crippen molar-refractivity contribution in [1.82, 2.24) is 9.59 Å². The molecule has 1 aromatic rings. The topological polar surface area (TPSA) is 37.8 Å². The van der Waals surface area contributed by atoms with Gasteiger partial charge in [-0.25, -0.2) is 0 Å². The number of nitrogens with one attached hydrogen (secondary N) is 1. The van der Waals surface area contributed by atoms with Crippen molar-refractivity contribution < 1.29 is 0 Å². The van der Waals surface area contributed by atoms with Crippen molar-refractivity contribution in [3.8, 4) is 0 Å². The van der Waals surface area contributed by atoms with E-state index in [0.717, 1.165) is 18.7 Å². The Balaban J connectivity index is 2.39. The Labute approximate surface area is 57.3 Å². The number of aromatic nitrogens is 2. The van der Waals surface area contributed by atoms with E-state index in [1.54, 1.807) is 0 Å². The molecule has 0 saturated carbocycles. The Morgan fingerprint density at radius 3 is 3.44 bits per heavy atom. The van der Waals surface area contributed by atoms with Gasteiger partial charge in [0.15, 0.2) is 0 Å². The van der Waals surface area contributed by atoms with Crippen molar-refractivity contribution in [2.75, 3.05) is 11.9 Å². The second kappa shape index (κ2) is 1.95. The van der Waals surface area contributed by atoms with Gasteiger partial charge in [-0.1, -0.05) is 4.49 Å². The second-order valence-electron chi connectivity index (χ2n) is 2.08. The molecule has 1 aliphatic heterocycles. The number of rotatable bonds is 0. The smallest absolute Gasteiger partial charge is 0.133 e. The standard InChI is InChI=1S/C5H7N3S/c1-2-4-5(6-3-1)9-8-7-4/h6H,1-3H2. The zero-order valence-electron chi connectivity index (χ0n) is 4.92. The predicted octanol–water partition coefficient (Wildman–Crippen LogP) is 0.896. The third-order valence-corrected chi connectivity index (χ3v) is 2.16. The molecule has 9 heavy (non-hydrogen) atoms. The quantitative estimate of drug-likeness (QED) is 0.583. The molecule has 1 aliphatic rings. The van der Waals surface area contributed by atoms with Gasteiger partial charge in [-0.3, -0.25) is 0 Å². The van der Waals surface area contributed by atoms with Crippen LogP contribution in [0, 0.1) is 0 Å². The molecule has 0 unspecified atom stereocenters. The van der Waals surface area contributed by atoms with Gasteiger partial charge in [-0.2, -0.15) is 0 Å². The van der Waals surface area contributed by atoms with Crippen LogP contribution in [0.2, 0.25) is 0 Å². The predicted molar refractivity (Wildman–Crippen MR) is 36.7 cm³/mol. The molecule has 0 aromatic carbocycles. The average molecular weight is 141 g/mol. The van der Waals surface area contributed by atoms with Gasteiger partial charge in [-0.05, 0) is 12.8 Å². The molecular formula is C5H7N3S. The summed E-state index contributed by atoms with van der Waals surface area (Å²) >= 11 is 1.45. The van der Waals surface area contributed by atoms with Crippen molar-refractivity contribution in [3.05, 3.63) is 5.69 Å². The van der Waals surface area contributed by atoms with Crippen LogP contribution in [0.15, 0.2) is 0 Å². The largest absolute Gasteiger partial charge is 0.374 e. The van der Waals surface area contributed by atoms with Crippen LogP contribution >= 0.6 is 11.5 Å². The lowest BCUT2D eigenvalue weighted by Gasteiger charge is -2.09. The number of hydrogen-bond acceptors (Lipinski definition) is 4. The van der Waals surface area contributed by atoms with Crippen molar-refractivity contribution in [1.29, 1.82) is 0 Å². The van der Waals surface area contributed by atoms with Crippen molar-refractivity contribution in [2.24, 2.45) is 0 Å². The van der Waals surface area contributed by atoms with Gasteiger partial charge >= 0.3 is 0 Å². The van der Waals surface area contributed by atoms with Crippen LogP contribution in [0.4, 0.5) is 5.00 Å². The second-order valence-corrected chi connectivity index (χ2v) is 2.83. The summed E-state index contributed by atoms with van der Waals surface area (Å²) < 4.78 is 3.83. The summed E-state index contributed by atoms with van der Waals surface area (Å²) in [5.74, 6) is 0. The summed E-state index contributed by atoms with van der Waals surface area (Å²) in [6.45, 7) is 1.08. The van der Waals surface area contributed by atoms with Crippen LogP contribution in [0.1, 0.15) is 12.1 Å². The first-order chi connectivity index (χ1) is 4.47. The zero-order valence-corrected chi connectivity index (χ0v) is 5.74. The molecule has 2 rings (SSSR count). The number of fused-ring (bicyclic) bond motifs is 1. The highest BCUT2D eigenvalue weighted by atomic mass is 32.1. The van der Waals surface area contributed by atoms with Crippen LogP contribution < -0.4 is 5.32 Å². The minimum absolute atomic E-state index is 1.08. The van der Waals surface area contributed by atoms with E-state index in [1.165, 1.54) is 23.0 Å². The van der Waals surface area contributed by atoms with Crippen LogP contribution in [-0.2, 0) is 6.42 Å². The summed E-state index contributed by atoms with van der Waals surface area (Å²) in [6.07, 6.45) is 2.29. The maximum atomic E-state index is 3.96. The molecule has 1 N–H and O–H groups in total. The Kier molecular flexibility index (Phi) is 1.12. The molecule has 0 saturated heterocycles. The number of aryl methyl sites for hydroxylation is 1. The molecule has 2 heterocycles. The summed E-state index contributed by atoms with van der Waals surface area (Å²) in [6, 6.07) is 0. The fraction of sp³-hybridized carbons (Fsp3) is 0.600. The highest BCUT2D eigenvalue weighted by molar-refractivity contribution is 7.10. The maximum Gasteiger partial charge on any atom is 0.133 e. The van der Waals surface area contributed by atoms with E-state index < -0.39 is 0 Å². The first kappa shape index (κ1) is 5.17. The highest BCUT2D eigenvalue weighted by Gasteiger charge is 2.10. The van der Waals surface area contributed by atoms with E-state index in [9.17, 15) is 0 Å². The third-order valence-electron chi connectivity index (χ3n) is 1.43. The molecule has 0 atom stereocenters. The van der Waals surface area contributed by atoms with Crippen LogP contribution in [0.25, 0.3) is 0 Å². The average Bonchev–Trinajstić information content (AvgIpc) is 2.33. The highest BCUT2D eigenvalue weighted by Crippen LogP contribution is 2.21. The molecule has 0 spiro atoms.